The second kappa shape index (κ2) is 5.50. The van der Waals surface area contributed by atoms with Gasteiger partial charge in [0.05, 0.1) is 0 Å². The molecule has 1 rings (SSSR count). The molecule has 0 radical (unpaired) electrons. The number of rotatable bonds is 4. The topological polar surface area (TPSA) is 46.3 Å². The standard InChI is InChI=1S/C12H24N2O/c1-9(2)11-6-7-14(8-11)12(15)5-4-10(3)13/h9-11H,4-8,13H2,1-3H3. The third-order valence-electron chi connectivity index (χ3n) is 3.33. The van der Waals surface area contributed by atoms with Gasteiger partial charge < -0.3 is 10.6 Å². The molecule has 0 bridgehead atoms. The Morgan fingerprint density at radius 3 is 2.60 bits per heavy atom. The van der Waals surface area contributed by atoms with Crippen LogP contribution in [0.4, 0.5) is 0 Å². The lowest BCUT2D eigenvalue weighted by atomic mass is 9.95. The fourth-order valence-corrected chi connectivity index (χ4v) is 2.07. The van der Waals surface area contributed by atoms with Crippen LogP contribution >= 0.6 is 0 Å². The lowest BCUT2D eigenvalue weighted by molar-refractivity contribution is -0.130. The number of nitrogens with two attached hydrogens (primary N) is 1. The number of hydrogen-bond acceptors (Lipinski definition) is 2. The molecule has 1 aliphatic rings. The first-order valence-corrected chi connectivity index (χ1v) is 6.04. The van der Waals surface area contributed by atoms with Gasteiger partial charge in [-0.25, -0.2) is 0 Å². The summed E-state index contributed by atoms with van der Waals surface area (Å²) in [7, 11) is 0. The van der Waals surface area contributed by atoms with Gasteiger partial charge in [-0.2, -0.15) is 0 Å². The molecule has 0 saturated carbocycles. The Balaban J connectivity index is 2.30. The molecule has 2 N–H and O–H groups in total. The summed E-state index contributed by atoms with van der Waals surface area (Å²) in [5, 5.41) is 0. The molecular weight excluding hydrogens is 188 g/mol. The van der Waals surface area contributed by atoms with Gasteiger partial charge in [0.15, 0.2) is 0 Å². The summed E-state index contributed by atoms with van der Waals surface area (Å²) in [5.74, 6) is 1.68. The van der Waals surface area contributed by atoms with Crippen LogP contribution in [-0.2, 0) is 4.79 Å². The van der Waals surface area contributed by atoms with E-state index in [9.17, 15) is 4.79 Å². The molecule has 1 saturated heterocycles. The molecule has 3 heteroatoms. The van der Waals surface area contributed by atoms with Gasteiger partial charge in [0.2, 0.25) is 5.91 Å². The van der Waals surface area contributed by atoms with Crippen LogP contribution in [0.15, 0.2) is 0 Å². The maximum absolute atomic E-state index is 11.8. The van der Waals surface area contributed by atoms with Crippen molar-refractivity contribution in [3.63, 3.8) is 0 Å². The summed E-state index contributed by atoms with van der Waals surface area (Å²) in [6.45, 7) is 8.32. The number of hydrogen-bond donors (Lipinski definition) is 1. The minimum Gasteiger partial charge on any atom is -0.342 e. The Labute approximate surface area is 93.0 Å². The number of amides is 1. The molecule has 88 valence electrons. The Kier molecular flexibility index (Phi) is 4.58. The third kappa shape index (κ3) is 3.82. The number of carbonyl (C=O) groups is 1. The predicted octanol–water partition coefficient (Wildman–Crippen LogP) is 1.62. The van der Waals surface area contributed by atoms with Crippen LogP contribution in [0.25, 0.3) is 0 Å². The molecule has 0 aromatic heterocycles. The van der Waals surface area contributed by atoms with Crippen LogP contribution in [0, 0.1) is 11.8 Å². The molecule has 3 nitrogen and oxygen atoms in total. The van der Waals surface area contributed by atoms with E-state index in [0.717, 1.165) is 19.5 Å². The van der Waals surface area contributed by atoms with Gasteiger partial charge in [0.25, 0.3) is 0 Å². The molecule has 2 unspecified atom stereocenters. The lowest BCUT2D eigenvalue weighted by Crippen LogP contribution is -2.30. The van der Waals surface area contributed by atoms with E-state index in [4.69, 9.17) is 5.73 Å². The van der Waals surface area contributed by atoms with Crippen LogP contribution < -0.4 is 5.73 Å². The Morgan fingerprint density at radius 2 is 2.13 bits per heavy atom. The van der Waals surface area contributed by atoms with Gasteiger partial charge in [0, 0.05) is 25.6 Å². The molecule has 0 spiro atoms. The smallest absolute Gasteiger partial charge is 0.222 e. The average molecular weight is 212 g/mol. The summed E-state index contributed by atoms with van der Waals surface area (Å²) in [5.41, 5.74) is 5.64. The average Bonchev–Trinajstić information content (AvgIpc) is 2.62. The Hall–Kier alpha value is -0.570. The second-order valence-corrected chi connectivity index (χ2v) is 5.15. The van der Waals surface area contributed by atoms with E-state index < -0.39 is 0 Å². The highest BCUT2D eigenvalue weighted by atomic mass is 16.2. The monoisotopic (exact) mass is 212 g/mol. The van der Waals surface area contributed by atoms with Crippen LogP contribution in [0.5, 0.6) is 0 Å². The number of carbonyl (C=O) groups excluding carboxylic acids is 1. The van der Waals surface area contributed by atoms with Gasteiger partial charge in [-0.1, -0.05) is 13.8 Å². The zero-order valence-electron chi connectivity index (χ0n) is 10.2. The predicted molar refractivity (Wildman–Crippen MR) is 62.4 cm³/mol. The van der Waals surface area contributed by atoms with Crippen molar-refractivity contribution in [2.45, 2.75) is 46.1 Å². The van der Waals surface area contributed by atoms with E-state index in [-0.39, 0.29) is 11.9 Å². The third-order valence-corrected chi connectivity index (χ3v) is 3.33. The first-order valence-electron chi connectivity index (χ1n) is 6.04. The normalized spacial score (nSPS) is 23.5. The molecule has 1 fully saturated rings. The van der Waals surface area contributed by atoms with E-state index >= 15 is 0 Å². The Morgan fingerprint density at radius 1 is 1.47 bits per heavy atom. The summed E-state index contributed by atoms with van der Waals surface area (Å²) < 4.78 is 0. The molecule has 15 heavy (non-hydrogen) atoms. The van der Waals surface area contributed by atoms with Crippen LogP contribution in [-0.4, -0.2) is 29.9 Å². The molecule has 0 aliphatic carbocycles. The summed E-state index contributed by atoms with van der Waals surface area (Å²) in [6, 6.07) is 0.137. The van der Waals surface area contributed by atoms with Crippen molar-refractivity contribution in [2.24, 2.45) is 17.6 Å². The van der Waals surface area contributed by atoms with Gasteiger partial charge in [0.1, 0.15) is 0 Å². The van der Waals surface area contributed by atoms with Crippen molar-refractivity contribution < 1.29 is 4.79 Å². The van der Waals surface area contributed by atoms with Crippen molar-refractivity contribution in [1.29, 1.82) is 0 Å². The number of likely N-dealkylation sites (tertiary alicyclic amines) is 1. The maximum atomic E-state index is 11.8. The van der Waals surface area contributed by atoms with Crippen molar-refractivity contribution >= 4 is 5.91 Å². The second-order valence-electron chi connectivity index (χ2n) is 5.15. The molecular formula is C12H24N2O. The van der Waals surface area contributed by atoms with E-state index in [2.05, 4.69) is 13.8 Å². The van der Waals surface area contributed by atoms with E-state index in [0.29, 0.717) is 18.3 Å². The van der Waals surface area contributed by atoms with Crippen molar-refractivity contribution in [3.05, 3.63) is 0 Å². The van der Waals surface area contributed by atoms with E-state index in [1.807, 2.05) is 11.8 Å². The van der Waals surface area contributed by atoms with Gasteiger partial charge in [-0.05, 0) is 31.6 Å². The molecule has 0 aromatic rings. The molecule has 2 atom stereocenters. The number of nitrogens with zero attached hydrogens (tertiary/aromatic N) is 1. The highest BCUT2D eigenvalue weighted by Crippen LogP contribution is 2.24. The first kappa shape index (κ1) is 12.5. The molecule has 1 aliphatic heterocycles. The van der Waals surface area contributed by atoms with Gasteiger partial charge in [-0.3, -0.25) is 4.79 Å². The highest BCUT2D eigenvalue weighted by Gasteiger charge is 2.27. The summed E-state index contributed by atoms with van der Waals surface area (Å²) >= 11 is 0. The summed E-state index contributed by atoms with van der Waals surface area (Å²) in [6.07, 6.45) is 2.59. The fourth-order valence-electron chi connectivity index (χ4n) is 2.07. The van der Waals surface area contributed by atoms with Crippen molar-refractivity contribution in [3.8, 4) is 0 Å². The first-order chi connectivity index (χ1) is 7.00. The van der Waals surface area contributed by atoms with Crippen LogP contribution in [0.1, 0.15) is 40.0 Å². The lowest BCUT2D eigenvalue weighted by Gasteiger charge is -2.18. The van der Waals surface area contributed by atoms with E-state index in [1.54, 1.807) is 0 Å². The van der Waals surface area contributed by atoms with Crippen molar-refractivity contribution in [2.75, 3.05) is 13.1 Å². The minimum absolute atomic E-state index is 0.137. The summed E-state index contributed by atoms with van der Waals surface area (Å²) in [4.78, 5) is 13.8. The highest BCUT2D eigenvalue weighted by molar-refractivity contribution is 5.76. The molecule has 1 heterocycles. The zero-order chi connectivity index (χ0) is 11.4. The zero-order valence-corrected chi connectivity index (χ0v) is 10.2. The largest absolute Gasteiger partial charge is 0.342 e. The van der Waals surface area contributed by atoms with Crippen LogP contribution in [0.2, 0.25) is 0 Å². The van der Waals surface area contributed by atoms with Gasteiger partial charge in [-0.15, -0.1) is 0 Å². The molecule has 1 amide bonds. The van der Waals surface area contributed by atoms with Crippen LogP contribution in [0.3, 0.4) is 0 Å². The van der Waals surface area contributed by atoms with E-state index in [1.165, 1.54) is 6.42 Å². The Bertz CT molecular complexity index is 214. The van der Waals surface area contributed by atoms with Gasteiger partial charge >= 0.3 is 0 Å². The van der Waals surface area contributed by atoms with Crippen molar-refractivity contribution in [1.82, 2.24) is 4.90 Å². The quantitative estimate of drug-likeness (QED) is 0.769. The maximum Gasteiger partial charge on any atom is 0.222 e. The minimum atomic E-state index is 0.137. The SMILES string of the molecule is CC(N)CCC(=O)N1CCC(C(C)C)C1. The molecule has 0 aromatic carbocycles. The fraction of sp³-hybridized carbons (Fsp3) is 0.917.